The molecule has 0 N–H and O–H groups in total. The predicted octanol–water partition coefficient (Wildman–Crippen LogP) is 5.87. The van der Waals surface area contributed by atoms with E-state index >= 15 is 4.39 Å². The lowest BCUT2D eigenvalue weighted by atomic mass is 9.94. The van der Waals surface area contributed by atoms with Crippen LogP contribution >= 0.6 is 15.9 Å². The second-order valence-corrected chi connectivity index (χ2v) is 12.4. The molecule has 0 atom stereocenters. The first-order valence-electron chi connectivity index (χ1n) is 10.1. The summed E-state index contributed by atoms with van der Waals surface area (Å²) in [6.07, 6.45) is 0. The van der Waals surface area contributed by atoms with Crippen molar-refractivity contribution in [2.75, 3.05) is 6.54 Å². The van der Waals surface area contributed by atoms with Gasteiger partial charge in [-0.3, -0.25) is 0 Å². The molecule has 5 nitrogen and oxygen atoms in total. The quantitative estimate of drug-likeness (QED) is 0.351. The summed E-state index contributed by atoms with van der Waals surface area (Å²) in [6.45, 7) is 2.56. The Morgan fingerprint density at radius 2 is 1.21 bits per heavy atom. The molecule has 174 valence electrons. The molecule has 0 heterocycles. The van der Waals surface area contributed by atoms with Gasteiger partial charge in [0, 0.05) is 4.47 Å². The summed E-state index contributed by atoms with van der Waals surface area (Å²) < 4.78 is 70.4. The van der Waals surface area contributed by atoms with E-state index in [1.807, 2.05) is 0 Å². The van der Waals surface area contributed by atoms with Crippen LogP contribution in [0.3, 0.4) is 0 Å². The molecule has 3 aromatic carbocycles. The molecule has 0 spiro atoms. The molecule has 0 saturated heterocycles. The van der Waals surface area contributed by atoms with Gasteiger partial charge in [0.1, 0.15) is 5.83 Å². The van der Waals surface area contributed by atoms with Crippen molar-refractivity contribution >= 4 is 41.5 Å². The summed E-state index contributed by atoms with van der Waals surface area (Å²) >= 11 is 3.34. The summed E-state index contributed by atoms with van der Waals surface area (Å²) in [5.41, 5.74) is 0.777. The third-order valence-electron chi connectivity index (χ3n) is 4.91. The van der Waals surface area contributed by atoms with Gasteiger partial charge in [-0.25, -0.2) is 21.2 Å². The van der Waals surface area contributed by atoms with Crippen LogP contribution < -0.4 is 0 Å². The predicted molar refractivity (Wildman–Crippen MR) is 131 cm³/mol. The summed E-state index contributed by atoms with van der Waals surface area (Å²) in [5.74, 6) is -1.17. The highest BCUT2D eigenvalue weighted by Crippen LogP contribution is 2.32. The first kappa shape index (κ1) is 25.3. The van der Waals surface area contributed by atoms with E-state index in [2.05, 4.69) is 15.9 Å². The van der Waals surface area contributed by atoms with E-state index in [-0.39, 0.29) is 25.0 Å². The zero-order valence-corrected chi connectivity index (χ0v) is 21.2. The van der Waals surface area contributed by atoms with Crippen molar-refractivity contribution in [3.05, 3.63) is 101 Å². The highest BCUT2D eigenvalue weighted by Gasteiger charge is 2.38. The van der Waals surface area contributed by atoms with Crippen LogP contribution in [-0.4, -0.2) is 27.1 Å². The molecule has 0 fully saturated rings. The van der Waals surface area contributed by atoms with Crippen molar-refractivity contribution < 1.29 is 21.2 Å². The molecule has 3 aromatic rings. The van der Waals surface area contributed by atoms with Gasteiger partial charge in [-0.1, -0.05) is 82.0 Å². The molecule has 0 aliphatic heterocycles. The summed E-state index contributed by atoms with van der Waals surface area (Å²) in [5, 5.41) is 0. The Balaban J connectivity index is 2.19. The molecule has 0 aliphatic rings. The number of sulfonamides is 2. The number of nitrogens with zero attached hydrogens (tertiary/aromatic N) is 1. The van der Waals surface area contributed by atoms with Crippen LogP contribution in [0.4, 0.5) is 4.39 Å². The lowest BCUT2D eigenvalue weighted by Crippen LogP contribution is -2.38. The van der Waals surface area contributed by atoms with E-state index < -0.39 is 32.4 Å². The molecular formula is C24H23BrFNO4S2. The first-order chi connectivity index (χ1) is 15.5. The molecule has 0 bridgehead atoms. The minimum atomic E-state index is -4.59. The van der Waals surface area contributed by atoms with Gasteiger partial charge in [-0.15, -0.1) is 0 Å². The van der Waals surface area contributed by atoms with Crippen molar-refractivity contribution in [1.82, 2.24) is 3.71 Å². The Bertz CT molecular complexity index is 1270. The second kappa shape index (κ2) is 10.3. The number of rotatable bonds is 8. The Labute approximate surface area is 202 Å². The van der Waals surface area contributed by atoms with Gasteiger partial charge >= 0.3 is 0 Å². The molecule has 0 radical (unpaired) electrons. The van der Waals surface area contributed by atoms with Crippen LogP contribution in [0.2, 0.25) is 0 Å². The van der Waals surface area contributed by atoms with Crippen molar-refractivity contribution in [2.24, 2.45) is 5.92 Å². The van der Waals surface area contributed by atoms with Gasteiger partial charge < -0.3 is 0 Å². The topological polar surface area (TPSA) is 71.5 Å². The summed E-state index contributed by atoms with van der Waals surface area (Å²) in [7, 11) is -9.17. The fraction of sp³-hybridized carbons (Fsp3) is 0.167. The van der Waals surface area contributed by atoms with Gasteiger partial charge in [-0.2, -0.15) is 0 Å². The fourth-order valence-electron chi connectivity index (χ4n) is 3.35. The van der Waals surface area contributed by atoms with Gasteiger partial charge in [0.25, 0.3) is 20.0 Å². The van der Waals surface area contributed by atoms with Gasteiger partial charge in [0.05, 0.1) is 16.3 Å². The minimum Gasteiger partial charge on any atom is -0.210 e. The van der Waals surface area contributed by atoms with Gasteiger partial charge in [-0.05, 0) is 53.5 Å². The van der Waals surface area contributed by atoms with E-state index in [1.54, 1.807) is 50.2 Å². The zero-order chi connectivity index (χ0) is 24.2. The third kappa shape index (κ3) is 5.60. The molecule has 9 heteroatoms. The third-order valence-corrected chi connectivity index (χ3v) is 9.68. The maximum atomic E-state index is 15.7. The molecular weight excluding hydrogens is 529 g/mol. The SMILES string of the molecule is CC(C)/C(=C(/F)CN(S(=O)(=O)c1ccccc1)S(=O)(=O)c1ccccc1)c1ccc(Br)cc1. The zero-order valence-electron chi connectivity index (χ0n) is 18.0. The molecule has 0 amide bonds. The van der Waals surface area contributed by atoms with Crippen LogP contribution in [-0.2, 0) is 20.0 Å². The number of hydrogen-bond acceptors (Lipinski definition) is 4. The van der Waals surface area contributed by atoms with Gasteiger partial charge in [0.15, 0.2) is 0 Å². The minimum absolute atomic E-state index is 0.235. The van der Waals surface area contributed by atoms with Crippen LogP contribution in [0.5, 0.6) is 0 Å². The van der Waals surface area contributed by atoms with Crippen LogP contribution in [0.25, 0.3) is 5.57 Å². The summed E-state index contributed by atoms with van der Waals surface area (Å²) in [6, 6.07) is 21.1. The van der Waals surface area contributed by atoms with Crippen molar-refractivity contribution in [2.45, 2.75) is 23.6 Å². The Kier molecular flexibility index (Phi) is 7.89. The lowest BCUT2D eigenvalue weighted by molar-refractivity contribution is 0.480. The maximum absolute atomic E-state index is 15.7. The highest BCUT2D eigenvalue weighted by molar-refractivity contribution is 9.10. The summed E-state index contributed by atoms with van der Waals surface area (Å²) in [4.78, 5) is -0.487. The smallest absolute Gasteiger partial charge is 0.210 e. The van der Waals surface area contributed by atoms with Crippen LogP contribution in [0.15, 0.2) is 105 Å². The average molecular weight is 552 g/mol. The molecule has 3 rings (SSSR count). The van der Waals surface area contributed by atoms with E-state index in [1.165, 1.54) is 48.5 Å². The van der Waals surface area contributed by atoms with E-state index in [9.17, 15) is 16.8 Å². The molecule has 0 unspecified atom stereocenters. The normalized spacial score (nSPS) is 13.3. The largest absolute Gasteiger partial charge is 0.256 e. The Hall–Kier alpha value is -2.33. The number of halogens is 2. The maximum Gasteiger partial charge on any atom is 0.256 e. The Morgan fingerprint density at radius 1 is 0.788 bits per heavy atom. The lowest BCUT2D eigenvalue weighted by Gasteiger charge is -2.23. The van der Waals surface area contributed by atoms with Crippen LogP contribution in [0, 0.1) is 5.92 Å². The standard InChI is InChI=1S/C24H23BrFNO4S2/c1-18(2)24(19-13-15-20(25)16-14-19)23(26)17-27(32(28,29)21-9-5-3-6-10-21)33(30,31)22-11-7-4-8-12-22/h3-16,18H,17H2,1-2H3/b24-23-. The van der Waals surface area contributed by atoms with Crippen molar-refractivity contribution in [3.8, 4) is 0 Å². The number of hydrogen-bond donors (Lipinski definition) is 0. The van der Waals surface area contributed by atoms with E-state index in [4.69, 9.17) is 0 Å². The monoisotopic (exact) mass is 551 g/mol. The first-order valence-corrected chi connectivity index (χ1v) is 13.7. The molecule has 0 aromatic heterocycles. The number of allylic oxidation sites excluding steroid dienone is 1. The molecule has 33 heavy (non-hydrogen) atoms. The molecule has 0 aliphatic carbocycles. The average Bonchev–Trinajstić information content (AvgIpc) is 2.79. The fourth-order valence-corrected chi connectivity index (χ4v) is 7.20. The number of benzene rings is 3. The van der Waals surface area contributed by atoms with E-state index in [0.717, 1.165) is 4.47 Å². The molecule has 0 saturated carbocycles. The van der Waals surface area contributed by atoms with Crippen LogP contribution in [0.1, 0.15) is 19.4 Å². The highest BCUT2D eigenvalue weighted by atomic mass is 79.9. The van der Waals surface area contributed by atoms with Gasteiger partial charge in [0.2, 0.25) is 0 Å². The van der Waals surface area contributed by atoms with Crippen molar-refractivity contribution in [1.29, 1.82) is 0 Å². The Morgan fingerprint density at radius 3 is 1.61 bits per heavy atom. The second-order valence-electron chi connectivity index (χ2n) is 7.55. The van der Waals surface area contributed by atoms with E-state index in [0.29, 0.717) is 5.56 Å². The van der Waals surface area contributed by atoms with Crippen molar-refractivity contribution in [3.63, 3.8) is 0 Å².